The Morgan fingerprint density at radius 3 is 2.47 bits per heavy atom. The average molecular weight is 267 g/mol. The predicted molar refractivity (Wildman–Crippen MR) is 78.1 cm³/mol. The van der Waals surface area contributed by atoms with Crippen molar-refractivity contribution in [3.05, 3.63) is 0 Å². The number of hydrogen-bond donors (Lipinski definition) is 1. The number of carbonyl (C=O) groups excluding carboxylic acids is 1. The molecular weight excluding hydrogens is 238 g/mol. The number of nitrogens with one attached hydrogen (secondary N) is 1. The topological polar surface area (TPSA) is 35.6 Å². The van der Waals surface area contributed by atoms with Crippen molar-refractivity contribution in [3.8, 4) is 0 Å². The van der Waals surface area contributed by atoms with E-state index in [9.17, 15) is 4.79 Å². The van der Waals surface area contributed by atoms with Crippen LogP contribution in [0, 0.1) is 5.92 Å². The molecule has 4 heteroatoms. The largest absolute Gasteiger partial charge is 0.341 e. The number of hydrogen-bond acceptors (Lipinski definition) is 3. The monoisotopic (exact) mass is 267 g/mol. The van der Waals surface area contributed by atoms with E-state index in [4.69, 9.17) is 0 Å². The number of nitrogens with zero attached hydrogens (tertiary/aromatic N) is 2. The molecule has 2 unspecified atom stereocenters. The molecule has 2 aliphatic heterocycles. The van der Waals surface area contributed by atoms with E-state index in [0.29, 0.717) is 11.8 Å². The lowest BCUT2D eigenvalue weighted by atomic mass is 10.1. The first-order chi connectivity index (χ1) is 9.16. The van der Waals surface area contributed by atoms with Crippen LogP contribution in [0.15, 0.2) is 0 Å². The summed E-state index contributed by atoms with van der Waals surface area (Å²) >= 11 is 0. The summed E-state index contributed by atoms with van der Waals surface area (Å²) in [5, 5.41) is 3.44. The van der Waals surface area contributed by atoms with E-state index in [-0.39, 0.29) is 6.04 Å². The number of amides is 1. The third-order valence-electron chi connectivity index (χ3n) is 4.49. The number of rotatable bonds is 4. The van der Waals surface area contributed by atoms with Crippen LogP contribution in [-0.2, 0) is 4.79 Å². The minimum absolute atomic E-state index is 0.0241. The predicted octanol–water partition coefficient (Wildman–Crippen LogP) is 1.32. The molecule has 19 heavy (non-hydrogen) atoms. The molecule has 2 rings (SSSR count). The zero-order chi connectivity index (χ0) is 13.7. The van der Waals surface area contributed by atoms with Gasteiger partial charge >= 0.3 is 0 Å². The van der Waals surface area contributed by atoms with Gasteiger partial charge in [0, 0.05) is 19.6 Å². The van der Waals surface area contributed by atoms with Crippen LogP contribution >= 0.6 is 0 Å². The zero-order valence-corrected chi connectivity index (χ0v) is 12.5. The highest BCUT2D eigenvalue weighted by Gasteiger charge is 2.24. The van der Waals surface area contributed by atoms with Crippen molar-refractivity contribution >= 4 is 5.91 Å². The van der Waals surface area contributed by atoms with Gasteiger partial charge < -0.3 is 15.1 Å². The summed E-state index contributed by atoms with van der Waals surface area (Å²) in [5.41, 5.74) is 0. The number of carbonyl (C=O) groups is 1. The Labute approximate surface area is 117 Å². The van der Waals surface area contributed by atoms with Crippen LogP contribution in [0.3, 0.4) is 0 Å². The molecule has 2 fully saturated rings. The molecule has 0 aromatic carbocycles. The van der Waals surface area contributed by atoms with Crippen LogP contribution in [0.1, 0.15) is 39.0 Å². The molecule has 2 saturated heterocycles. The normalized spacial score (nSPS) is 27.3. The molecule has 110 valence electrons. The summed E-state index contributed by atoms with van der Waals surface area (Å²) in [6, 6.07) is -0.0241. The third kappa shape index (κ3) is 4.46. The van der Waals surface area contributed by atoms with Gasteiger partial charge in [-0.15, -0.1) is 0 Å². The van der Waals surface area contributed by atoms with Crippen LogP contribution in [0.4, 0.5) is 0 Å². The first-order valence-electron chi connectivity index (χ1n) is 7.87. The quantitative estimate of drug-likeness (QED) is 0.834. The van der Waals surface area contributed by atoms with Crippen LogP contribution in [0.2, 0.25) is 0 Å². The Balaban J connectivity index is 1.72. The molecule has 2 atom stereocenters. The Morgan fingerprint density at radius 2 is 1.89 bits per heavy atom. The van der Waals surface area contributed by atoms with Gasteiger partial charge in [-0.05, 0) is 52.2 Å². The van der Waals surface area contributed by atoms with Gasteiger partial charge in [-0.25, -0.2) is 0 Å². The SMILES string of the molecule is CC(NCC1CCN(C)C1)C(=O)N1CCCCCC1. The van der Waals surface area contributed by atoms with Gasteiger partial charge in [0.25, 0.3) is 0 Å². The van der Waals surface area contributed by atoms with Crippen molar-refractivity contribution in [2.24, 2.45) is 5.92 Å². The molecule has 4 nitrogen and oxygen atoms in total. The maximum absolute atomic E-state index is 12.4. The zero-order valence-electron chi connectivity index (χ0n) is 12.5. The highest BCUT2D eigenvalue weighted by atomic mass is 16.2. The smallest absolute Gasteiger partial charge is 0.239 e. The average Bonchev–Trinajstić information content (AvgIpc) is 2.67. The highest BCUT2D eigenvalue weighted by molar-refractivity contribution is 5.81. The lowest BCUT2D eigenvalue weighted by molar-refractivity contribution is -0.133. The van der Waals surface area contributed by atoms with Gasteiger partial charge in [0.15, 0.2) is 0 Å². The molecule has 0 radical (unpaired) electrons. The van der Waals surface area contributed by atoms with Gasteiger partial charge in [0.2, 0.25) is 5.91 Å². The Kier molecular flexibility index (Phi) is 5.64. The molecule has 0 saturated carbocycles. The summed E-state index contributed by atoms with van der Waals surface area (Å²) in [4.78, 5) is 16.8. The molecule has 0 aromatic rings. The standard InChI is InChI=1S/C15H29N3O/c1-13(16-11-14-7-10-17(2)12-14)15(19)18-8-5-3-4-6-9-18/h13-14,16H,3-12H2,1-2H3. The van der Waals surface area contributed by atoms with Crippen LogP contribution in [0.5, 0.6) is 0 Å². The second-order valence-electron chi connectivity index (χ2n) is 6.29. The van der Waals surface area contributed by atoms with E-state index in [2.05, 4.69) is 22.2 Å². The fourth-order valence-electron chi connectivity index (χ4n) is 3.19. The van der Waals surface area contributed by atoms with Crippen LogP contribution in [0.25, 0.3) is 0 Å². The molecule has 0 aliphatic carbocycles. The Bertz CT molecular complexity index is 287. The minimum atomic E-state index is -0.0241. The van der Waals surface area contributed by atoms with Gasteiger partial charge in [-0.3, -0.25) is 4.79 Å². The van der Waals surface area contributed by atoms with Crippen molar-refractivity contribution in [1.29, 1.82) is 0 Å². The first-order valence-corrected chi connectivity index (χ1v) is 7.87. The lowest BCUT2D eigenvalue weighted by Crippen LogP contribution is -2.46. The van der Waals surface area contributed by atoms with Crippen LogP contribution in [-0.4, -0.2) is 61.5 Å². The van der Waals surface area contributed by atoms with Crippen molar-refractivity contribution in [1.82, 2.24) is 15.1 Å². The third-order valence-corrected chi connectivity index (χ3v) is 4.49. The fourth-order valence-corrected chi connectivity index (χ4v) is 3.19. The summed E-state index contributed by atoms with van der Waals surface area (Å²) in [5.74, 6) is 1.01. The minimum Gasteiger partial charge on any atom is -0.341 e. The van der Waals surface area contributed by atoms with E-state index in [0.717, 1.165) is 26.2 Å². The van der Waals surface area contributed by atoms with Crippen molar-refractivity contribution in [3.63, 3.8) is 0 Å². The molecule has 1 amide bonds. The summed E-state index contributed by atoms with van der Waals surface area (Å²) in [7, 11) is 2.17. The Hall–Kier alpha value is -0.610. The highest BCUT2D eigenvalue weighted by Crippen LogP contribution is 2.14. The van der Waals surface area contributed by atoms with E-state index < -0.39 is 0 Å². The lowest BCUT2D eigenvalue weighted by Gasteiger charge is -2.25. The fraction of sp³-hybridized carbons (Fsp3) is 0.933. The van der Waals surface area contributed by atoms with Crippen molar-refractivity contribution in [2.75, 3.05) is 39.8 Å². The molecule has 0 aromatic heterocycles. The molecule has 2 aliphatic rings. The summed E-state index contributed by atoms with van der Waals surface area (Å²) in [6.07, 6.45) is 6.16. The summed E-state index contributed by atoms with van der Waals surface area (Å²) in [6.45, 7) is 7.27. The Morgan fingerprint density at radius 1 is 1.21 bits per heavy atom. The van der Waals surface area contributed by atoms with E-state index in [1.165, 1.54) is 38.6 Å². The van der Waals surface area contributed by atoms with E-state index >= 15 is 0 Å². The second kappa shape index (κ2) is 7.25. The molecule has 1 N–H and O–H groups in total. The van der Waals surface area contributed by atoms with Crippen LogP contribution < -0.4 is 5.32 Å². The van der Waals surface area contributed by atoms with E-state index in [1.54, 1.807) is 0 Å². The first kappa shape index (κ1) is 14.8. The molecule has 0 bridgehead atoms. The maximum atomic E-state index is 12.4. The van der Waals surface area contributed by atoms with Gasteiger partial charge in [-0.1, -0.05) is 12.8 Å². The van der Waals surface area contributed by atoms with Gasteiger partial charge in [0.1, 0.15) is 0 Å². The van der Waals surface area contributed by atoms with Crippen molar-refractivity contribution < 1.29 is 4.79 Å². The number of likely N-dealkylation sites (tertiary alicyclic amines) is 2. The maximum Gasteiger partial charge on any atom is 0.239 e. The molecule has 2 heterocycles. The van der Waals surface area contributed by atoms with Gasteiger partial charge in [0.05, 0.1) is 6.04 Å². The van der Waals surface area contributed by atoms with E-state index in [1.807, 2.05) is 6.92 Å². The molecule has 0 spiro atoms. The van der Waals surface area contributed by atoms with Gasteiger partial charge in [-0.2, -0.15) is 0 Å². The summed E-state index contributed by atoms with van der Waals surface area (Å²) < 4.78 is 0. The molecular formula is C15H29N3O. The second-order valence-corrected chi connectivity index (χ2v) is 6.29. The van der Waals surface area contributed by atoms with Crippen molar-refractivity contribution in [2.45, 2.75) is 45.1 Å².